The van der Waals surface area contributed by atoms with Crippen LogP contribution in [0.2, 0.25) is 0 Å². The van der Waals surface area contributed by atoms with Crippen molar-refractivity contribution >= 4 is 12.0 Å². The van der Waals surface area contributed by atoms with Gasteiger partial charge in [0, 0.05) is 31.6 Å². The van der Waals surface area contributed by atoms with Gasteiger partial charge in [-0.05, 0) is 32.6 Å². The van der Waals surface area contributed by atoms with Gasteiger partial charge in [0.25, 0.3) is 0 Å². The number of amides is 2. The van der Waals surface area contributed by atoms with Gasteiger partial charge in [0.2, 0.25) is 5.91 Å². The van der Waals surface area contributed by atoms with Gasteiger partial charge in [0.05, 0.1) is 6.54 Å². The first-order valence-corrected chi connectivity index (χ1v) is 8.72. The highest BCUT2D eigenvalue weighted by atomic mass is 19.1. The van der Waals surface area contributed by atoms with Crippen molar-refractivity contribution in [2.75, 3.05) is 33.7 Å². The first-order valence-electron chi connectivity index (χ1n) is 8.72. The number of nitrogens with zero attached hydrogens (tertiary/aromatic N) is 3. The second kappa shape index (κ2) is 7.49. The average molecular weight is 365 g/mol. The van der Waals surface area contributed by atoms with Crippen molar-refractivity contribution < 1.29 is 23.8 Å². The van der Waals surface area contributed by atoms with E-state index in [0.717, 1.165) is 11.3 Å². The molecule has 142 valence electrons. The number of rotatable bonds is 4. The van der Waals surface area contributed by atoms with Crippen LogP contribution >= 0.6 is 0 Å². The number of likely N-dealkylation sites (N-methyl/N-ethyl adjacent to an activating group) is 1. The van der Waals surface area contributed by atoms with Crippen LogP contribution in [-0.4, -0.2) is 83.7 Å². The summed E-state index contributed by atoms with van der Waals surface area (Å²) in [5.41, 5.74) is 0. The number of halogens is 1. The highest BCUT2D eigenvalue weighted by molar-refractivity contribution is 5.86. The van der Waals surface area contributed by atoms with E-state index in [2.05, 4.69) is 4.90 Å². The first kappa shape index (κ1) is 18.4. The Balaban J connectivity index is 1.68. The van der Waals surface area contributed by atoms with Gasteiger partial charge in [0.1, 0.15) is 23.7 Å². The Kier molecular flexibility index (Phi) is 5.31. The summed E-state index contributed by atoms with van der Waals surface area (Å²) in [6.07, 6.45) is -0.474. The summed E-state index contributed by atoms with van der Waals surface area (Å²) >= 11 is 0. The van der Waals surface area contributed by atoms with E-state index in [1.54, 1.807) is 11.0 Å². The molecule has 2 saturated heterocycles. The molecule has 0 bridgehead atoms. The Morgan fingerprint density at radius 2 is 2.08 bits per heavy atom. The van der Waals surface area contributed by atoms with E-state index in [9.17, 15) is 19.1 Å². The molecular formula is C18H24FN3O4. The maximum Gasteiger partial charge on any atom is 0.408 e. The molecule has 0 unspecified atom stereocenters. The van der Waals surface area contributed by atoms with Crippen molar-refractivity contribution in [3.05, 3.63) is 30.1 Å². The molecule has 0 aliphatic carbocycles. The molecule has 1 aromatic carbocycles. The summed E-state index contributed by atoms with van der Waals surface area (Å²) in [4.78, 5) is 29.4. The number of carboxylic acid groups (broad SMARTS) is 1. The summed E-state index contributed by atoms with van der Waals surface area (Å²) < 4.78 is 19.0. The summed E-state index contributed by atoms with van der Waals surface area (Å²) in [5.74, 6) is -0.264. The highest BCUT2D eigenvalue weighted by Gasteiger charge is 2.44. The van der Waals surface area contributed by atoms with Gasteiger partial charge in [0.15, 0.2) is 0 Å². The summed E-state index contributed by atoms with van der Waals surface area (Å²) in [5, 5.41) is 9.47. The average Bonchev–Trinajstić information content (AvgIpc) is 3.21. The molecule has 7 nitrogen and oxygen atoms in total. The zero-order valence-electron chi connectivity index (χ0n) is 15.0. The van der Waals surface area contributed by atoms with Crippen molar-refractivity contribution in [3.8, 4) is 5.75 Å². The molecular weight excluding hydrogens is 341 g/mol. The van der Waals surface area contributed by atoms with Crippen LogP contribution in [0.5, 0.6) is 5.75 Å². The number of hydrogen-bond donors (Lipinski definition) is 1. The second-order valence-electron chi connectivity index (χ2n) is 7.07. The maximum absolute atomic E-state index is 13.3. The first-order chi connectivity index (χ1) is 12.3. The molecule has 0 saturated carbocycles. The van der Waals surface area contributed by atoms with Crippen molar-refractivity contribution in [3.63, 3.8) is 0 Å². The summed E-state index contributed by atoms with van der Waals surface area (Å²) in [6, 6.07) is 5.24. The number of benzene rings is 1. The van der Waals surface area contributed by atoms with Crippen molar-refractivity contribution in [1.82, 2.24) is 14.7 Å². The smallest absolute Gasteiger partial charge is 0.408 e. The molecule has 3 atom stereocenters. The normalized spacial score (nSPS) is 25.8. The molecule has 3 rings (SSSR count). The Bertz CT molecular complexity index is 684. The maximum atomic E-state index is 13.3. The van der Waals surface area contributed by atoms with Crippen LogP contribution in [0.1, 0.15) is 12.8 Å². The predicted molar refractivity (Wildman–Crippen MR) is 92.6 cm³/mol. The summed E-state index contributed by atoms with van der Waals surface area (Å²) in [7, 11) is 3.95. The van der Waals surface area contributed by atoms with E-state index >= 15 is 0 Å². The number of ether oxygens (including phenoxy) is 1. The second-order valence-corrected chi connectivity index (χ2v) is 7.07. The van der Waals surface area contributed by atoms with E-state index in [0.29, 0.717) is 18.8 Å². The van der Waals surface area contributed by atoms with E-state index < -0.39 is 24.1 Å². The lowest BCUT2D eigenvalue weighted by Crippen LogP contribution is -2.47. The van der Waals surface area contributed by atoms with Gasteiger partial charge < -0.3 is 19.6 Å². The van der Waals surface area contributed by atoms with Gasteiger partial charge in [-0.1, -0.05) is 6.07 Å². The van der Waals surface area contributed by atoms with Crippen LogP contribution < -0.4 is 4.74 Å². The van der Waals surface area contributed by atoms with Crippen molar-refractivity contribution in [1.29, 1.82) is 0 Å². The largest absolute Gasteiger partial charge is 0.488 e. The number of carbonyl (C=O) groups excluding carboxylic acids is 1. The molecule has 1 aromatic rings. The molecule has 26 heavy (non-hydrogen) atoms. The molecule has 0 aromatic heterocycles. The van der Waals surface area contributed by atoms with E-state index in [4.69, 9.17) is 4.74 Å². The Labute approximate surface area is 151 Å². The lowest BCUT2D eigenvalue weighted by molar-refractivity contribution is -0.134. The van der Waals surface area contributed by atoms with Gasteiger partial charge >= 0.3 is 6.09 Å². The van der Waals surface area contributed by atoms with Gasteiger partial charge in [-0.3, -0.25) is 9.69 Å². The molecule has 2 fully saturated rings. The SMILES string of the molecule is CN(C)[C@@H]1CCN(C(=O)[C@H]2C[C@H](Oc3cccc(F)c3)CN2C(=O)O)C1. The van der Waals surface area contributed by atoms with Crippen molar-refractivity contribution in [2.45, 2.75) is 31.0 Å². The van der Waals surface area contributed by atoms with Crippen LogP contribution in [-0.2, 0) is 4.79 Å². The third-order valence-electron chi connectivity index (χ3n) is 5.10. The van der Waals surface area contributed by atoms with E-state index in [-0.39, 0.29) is 24.9 Å². The Hall–Kier alpha value is -2.35. The molecule has 2 heterocycles. The molecule has 8 heteroatoms. The highest BCUT2D eigenvalue weighted by Crippen LogP contribution is 2.26. The quantitative estimate of drug-likeness (QED) is 0.875. The van der Waals surface area contributed by atoms with Gasteiger partial charge in [-0.15, -0.1) is 0 Å². The van der Waals surface area contributed by atoms with Crippen LogP contribution in [0.25, 0.3) is 0 Å². The third-order valence-corrected chi connectivity index (χ3v) is 5.10. The molecule has 2 amide bonds. The minimum Gasteiger partial charge on any atom is -0.488 e. The standard InChI is InChI=1S/C18H24FN3O4/c1-20(2)13-6-7-21(10-13)17(23)16-9-15(11-22(16)18(24)25)26-14-5-3-4-12(19)8-14/h3-5,8,13,15-16H,6-7,9-11H2,1-2H3,(H,24,25)/t13-,15+,16-/m1/s1. The minimum atomic E-state index is -1.14. The molecule has 2 aliphatic rings. The van der Waals surface area contributed by atoms with Crippen LogP contribution in [0.3, 0.4) is 0 Å². The molecule has 2 aliphatic heterocycles. The Morgan fingerprint density at radius 3 is 2.69 bits per heavy atom. The van der Waals surface area contributed by atoms with Crippen LogP contribution in [0.15, 0.2) is 24.3 Å². The molecule has 1 N–H and O–H groups in total. The van der Waals surface area contributed by atoms with Crippen LogP contribution in [0, 0.1) is 5.82 Å². The topological polar surface area (TPSA) is 73.3 Å². The molecule has 0 spiro atoms. The fraction of sp³-hybridized carbons (Fsp3) is 0.556. The van der Waals surface area contributed by atoms with Gasteiger partial charge in [-0.2, -0.15) is 0 Å². The van der Waals surface area contributed by atoms with E-state index in [1.807, 2.05) is 14.1 Å². The lowest BCUT2D eigenvalue weighted by atomic mass is 10.1. The predicted octanol–water partition coefficient (Wildman–Crippen LogP) is 1.49. The fourth-order valence-electron chi connectivity index (χ4n) is 3.64. The third kappa shape index (κ3) is 3.90. The Morgan fingerprint density at radius 1 is 1.31 bits per heavy atom. The zero-order chi connectivity index (χ0) is 18.8. The molecule has 0 radical (unpaired) electrons. The number of carbonyl (C=O) groups is 2. The van der Waals surface area contributed by atoms with Crippen molar-refractivity contribution in [2.24, 2.45) is 0 Å². The summed E-state index contributed by atoms with van der Waals surface area (Å²) in [6.45, 7) is 1.32. The minimum absolute atomic E-state index is 0.0905. The van der Waals surface area contributed by atoms with Gasteiger partial charge in [-0.25, -0.2) is 9.18 Å². The fourth-order valence-corrected chi connectivity index (χ4v) is 3.64. The number of hydrogen-bond acceptors (Lipinski definition) is 4. The van der Waals surface area contributed by atoms with Crippen LogP contribution in [0.4, 0.5) is 9.18 Å². The number of likely N-dealkylation sites (tertiary alicyclic amines) is 2. The lowest BCUT2D eigenvalue weighted by Gasteiger charge is -2.26. The zero-order valence-corrected chi connectivity index (χ0v) is 15.0. The van der Waals surface area contributed by atoms with E-state index in [1.165, 1.54) is 18.2 Å². The monoisotopic (exact) mass is 365 g/mol.